The number of amides is 1. The van der Waals surface area contributed by atoms with Gasteiger partial charge in [-0.15, -0.1) is 0 Å². The van der Waals surface area contributed by atoms with Gasteiger partial charge < -0.3 is 20.9 Å². The zero-order valence-electron chi connectivity index (χ0n) is 15.2. The Morgan fingerprint density at radius 3 is 2.26 bits per heavy atom. The Morgan fingerprint density at radius 2 is 1.63 bits per heavy atom. The SMILES string of the molecule is O=C(Nc1cc2c(cc1N1CCCC1)NC(C1CCCCC1)N2)C(Cl)(Cl)Cl. The van der Waals surface area contributed by atoms with Crippen LogP contribution in [0.1, 0.15) is 44.9 Å². The summed E-state index contributed by atoms with van der Waals surface area (Å²) in [5, 5.41) is 10.1. The van der Waals surface area contributed by atoms with Gasteiger partial charge in [-0.3, -0.25) is 4.79 Å². The molecule has 1 amide bonds. The molecule has 3 aliphatic rings. The number of benzene rings is 1. The van der Waals surface area contributed by atoms with Crippen LogP contribution in [0.5, 0.6) is 0 Å². The van der Waals surface area contributed by atoms with Crippen LogP contribution in [-0.2, 0) is 4.79 Å². The van der Waals surface area contributed by atoms with Crippen LogP contribution in [0, 0.1) is 5.92 Å². The van der Waals surface area contributed by atoms with E-state index in [2.05, 4.69) is 26.9 Å². The average molecular weight is 432 g/mol. The van der Waals surface area contributed by atoms with Crippen LogP contribution in [0.25, 0.3) is 0 Å². The van der Waals surface area contributed by atoms with Gasteiger partial charge in [-0.1, -0.05) is 54.1 Å². The number of carbonyl (C=O) groups excluding carboxylic acids is 1. The summed E-state index contributed by atoms with van der Waals surface area (Å²) in [5.74, 6) is -0.0108. The molecule has 5 nitrogen and oxygen atoms in total. The first-order valence-electron chi connectivity index (χ1n) is 9.76. The van der Waals surface area contributed by atoms with E-state index in [9.17, 15) is 4.79 Å². The van der Waals surface area contributed by atoms with Gasteiger partial charge in [0, 0.05) is 13.1 Å². The molecule has 2 fully saturated rings. The van der Waals surface area contributed by atoms with Crippen molar-refractivity contribution in [3.8, 4) is 0 Å². The summed E-state index contributed by atoms with van der Waals surface area (Å²) >= 11 is 17.3. The maximum atomic E-state index is 12.3. The third-order valence-electron chi connectivity index (χ3n) is 5.83. The summed E-state index contributed by atoms with van der Waals surface area (Å²) < 4.78 is -1.99. The molecule has 1 unspecified atom stereocenters. The summed E-state index contributed by atoms with van der Waals surface area (Å²) in [5.41, 5.74) is 3.74. The predicted molar refractivity (Wildman–Crippen MR) is 114 cm³/mol. The van der Waals surface area contributed by atoms with Crippen molar-refractivity contribution in [1.82, 2.24) is 0 Å². The third-order valence-corrected chi connectivity index (χ3v) is 6.35. The van der Waals surface area contributed by atoms with E-state index in [4.69, 9.17) is 34.8 Å². The molecule has 1 aliphatic carbocycles. The average Bonchev–Trinajstić information content (AvgIpc) is 3.30. The number of anilines is 4. The molecule has 1 atom stereocenters. The van der Waals surface area contributed by atoms with Gasteiger partial charge in [0.25, 0.3) is 9.70 Å². The molecular weight excluding hydrogens is 407 g/mol. The van der Waals surface area contributed by atoms with Crippen LogP contribution in [0.4, 0.5) is 22.7 Å². The zero-order valence-corrected chi connectivity index (χ0v) is 17.4. The minimum Gasteiger partial charge on any atom is -0.370 e. The van der Waals surface area contributed by atoms with Crippen LogP contribution >= 0.6 is 34.8 Å². The number of hydrogen-bond acceptors (Lipinski definition) is 4. The lowest BCUT2D eigenvalue weighted by Crippen LogP contribution is -2.33. The summed E-state index contributed by atoms with van der Waals surface area (Å²) in [6.07, 6.45) is 8.95. The Labute approximate surface area is 175 Å². The second-order valence-electron chi connectivity index (χ2n) is 7.73. The van der Waals surface area contributed by atoms with Crippen molar-refractivity contribution in [2.75, 3.05) is 33.9 Å². The van der Waals surface area contributed by atoms with E-state index in [1.54, 1.807) is 0 Å². The Balaban J connectivity index is 1.60. The van der Waals surface area contributed by atoms with Gasteiger partial charge >= 0.3 is 0 Å². The molecule has 0 radical (unpaired) electrons. The Hall–Kier alpha value is -1.04. The monoisotopic (exact) mass is 430 g/mol. The number of halogens is 3. The minimum absolute atomic E-state index is 0.242. The van der Waals surface area contributed by atoms with Crippen LogP contribution in [-0.4, -0.2) is 29.0 Å². The van der Waals surface area contributed by atoms with E-state index >= 15 is 0 Å². The Kier molecular flexibility index (Phi) is 5.55. The van der Waals surface area contributed by atoms with Crippen molar-refractivity contribution in [1.29, 1.82) is 0 Å². The van der Waals surface area contributed by atoms with Crippen LogP contribution in [0.15, 0.2) is 12.1 Å². The van der Waals surface area contributed by atoms with Crippen LogP contribution in [0.2, 0.25) is 0 Å². The molecule has 0 bridgehead atoms. The van der Waals surface area contributed by atoms with E-state index in [-0.39, 0.29) is 6.17 Å². The summed E-state index contributed by atoms with van der Waals surface area (Å²) in [7, 11) is 0. The highest BCUT2D eigenvalue weighted by Crippen LogP contribution is 2.43. The molecule has 0 spiro atoms. The lowest BCUT2D eigenvalue weighted by atomic mass is 9.87. The molecule has 4 rings (SSSR count). The topological polar surface area (TPSA) is 56.4 Å². The fourth-order valence-electron chi connectivity index (χ4n) is 4.41. The number of carbonyl (C=O) groups is 1. The fourth-order valence-corrected chi connectivity index (χ4v) is 4.56. The lowest BCUT2D eigenvalue weighted by Gasteiger charge is -2.27. The van der Waals surface area contributed by atoms with Crippen molar-refractivity contribution in [2.45, 2.75) is 54.9 Å². The first-order valence-corrected chi connectivity index (χ1v) is 10.9. The smallest absolute Gasteiger partial charge is 0.276 e. The third kappa shape index (κ3) is 4.20. The Bertz CT molecular complexity index is 710. The quantitative estimate of drug-likeness (QED) is 0.565. The number of nitrogens with one attached hydrogen (secondary N) is 3. The number of rotatable bonds is 3. The molecule has 8 heteroatoms. The second-order valence-corrected chi connectivity index (χ2v) is 10.0. The highest BCUT2D eigenvalue weighted by atomic mass is 35.6. The molecule has 27 heavy (non-hydrogen) atoms. The van der Waals surface area contributed by atoms with Gasteiger partial charge in [0.15, 0.2) is 0 Å². The number of nitrogens with zero attached hydrogens (tertiary/aromatic N) is 1. The number of fused-ring (bicyclic) bond motifs is 1. The molecule has 1 aromatic rings. The van der Waals surface area contributed by atoms with Crippen molar-refractivity contribution >= 4 is 63.5 Å². The fraction of sp³-hybridized carbons (Fsp3) is 0.632. The predicted octanol–water partition coefficient (Wildman–Crippen LogP) is 5.34. The molecule has 148 valence electrons. The normalized spacial score (nSPS) is 22.9. The van der Waals surface area contributed by atoms with Gasteiger partial charge in [0.1, 0.15) is 0 Å². The number of hydrogen-bond donors (Lipinski definition) is 3. The molecule has 2 aliphatic heterocycles. The maximum Gasteiger partial charge on any atom is 0.276 e. The first-order chi connectivity index (χ1) is 12.9. The lowest BCUT2D eigenvalue weighted by molar-refractivity contribution is -0.115. The van der Waals surface area contributed by atoms with Crippen molar-refractivity contribution < 1.29 is 4.79 Å². The van der Waals surface area contributed by atoms with E-state index in [0.717, 1.165) is 43.0 Å². The maximum absolute atomic E-state index is 12.3. The van der Waals surface area contributed by atoms with E-state index in [1.165, 1.54) is 32.1 Å². The van der Waals surface area contributed by atoms with Crippen molar-refractivity contribution in [2.24, 2.45) is 5.92 Å². The van der Waals surface area contributed by atoms with E-state index < -0.39 is 9.70 Å². The summed E-state index contributed by atoms with van der Waals surface area (Å²) in [4.78, 5) is 14.5. The standard InChI is InChI=1S/C19H25Cl3N4O/c20-19(21,22)18(27)25-15-10-13-14(11-16(15)26-8-4-5-9-26)24-17(23-13)12-6-2-1-3-7-12/h10-12,17,23-24H,1-9H2,(H,25,27). The first kappa shape index (κ1) is 19.3. The largest absolute Gasteiger partial charge is 0.370 e. The van der Waals surface area contributed by atoms with Gasteiger partial charge in [-0.2, -0.15) is 0 Å². The molecule has 1 saturated carbocycles. The van der Waals surface area contributed by atoms with Gasteiger partial charge in [0.05, 0.1) is 28.9 Å². The molecule has 1 saturated heterocycles. The number of alkyl halides is 3. The molecule has 1 aromatic carbocycles. The molecule has 3 N–H and O–H groups in total. The van der Waals surface area contributed by atoms with Gasteiger partial charge in [-0.25, -0.2) is 0 Å². The van der Waals surface area contributed by atoms with Gasteiger partial charge in [-0.05, 0) is 43.7 Å². The summed E-state index contributed by atoms with van der Waals surface area (Å²) in [6, 6.07) is 4.08. The van der Waals surface area contributed by atoms with Crippen molar-refractivity contribution in [3.63, 3.8) is 0 Å². The zero-order chi connectivity index (χ0) is 19.0. The van der Waals surface area contributed by atoms with Gasteiger partial charge in [0.2, 0.25) is 0 Å². The molecular formula is C19H25Cl3N4O. The van der Waals surface area contributed by atoms with E-state index in [0.29, 0.717) is 11.6 Å². The highest BCUT2D eigenvalue weighted by molar-refractivity contribution is 6.76. The highest BCUT2D eigenvalue weighted by Gasteiger charge is 2.34. The van der Waals surface area contributed by atoms with Crippen LogP contribution in [0.3, 0.4) is 0 Å². The van der Waals surface area contributed by atoms with Crippen molar-refractivity contribution in [3.05, 3.63) is 12.1 Å². The van der Waals surface area contributed by atoms with E-state index in [1.807, 2.05) is 6.07 Å². The minimum atomic E-state index is -1.99. The summed E-state index contributed by atoms with van der Waals surface area (Å²) in [6.45, 7) is 1.93. The second kappa shape index (κ2) is 7.76. The Morgan fingerprint density at radius 1 is 1.00 bits per heavy atom. The molecule has 0 aromatic heterocycles. The molecule has 2 heterocycles. The van der Waals surface area contributed by atoms with Crippen LogP contribution < -0.4 is 20.9 Å².